The molecule has 1 aliphatic heterocycles. The Balaban J connectivity index is 2.28. The summed E-state index contributed by atoms with van der Waals surface area (Å²) < 4.78 is 43.0. The van der Waals surface area contributed by atoms with Crippen LogP contribution in [0.15, 0.2) is 0 Å². The number of nitrogens with zero attached hydrogens (tertiary/aromatic N) is 4. The van der Waals surface area contributed by atoms with Gasteiger partial charge in [0.05, 0.1) is 104 Å². The molecule has 10 amide bonds. The van der Waals surface area contributed by atoms with Crippen molar-refractivity contribution in [1.82, 2.24) is 72.8 Å². The van der Waals surface area contributed by atoms with Crippen molar-refractivity contribution in [3.8, 4) is 0 Å². The maximum atomic E-state index is 13.3. The number of carbonyl (C=O) groups excluding carboxylic acids is 10. The van der Waals surface area contributed by atoms with Gasteiger partial charge in [0.25, 0.3) is 0 Å². The number of ether oxygens (including phenoxy) is 8. The molecule has 0 spiro atoms. The van der Waals surface area contributed by atoms with Gasteiger partial charge < -0.3 is 118 Å². The summed E-state index contributed by atoms with van der Waals surface area (Å²) in [5, 5.41) is 55.8. The second-order valence-electron chi connectivity index (χ2n) is 24.0. The Kier molecular flexibility index (Phi) is 57.2. The van der Waals surface area contributed by atoms with Gasteiger partial charge in [-0.2, -0.15) is 0 Å². The van der Waals surface area contributed by atoms with E-state index in [2.05, 4.69) is 53.2 Å². The van der Waals surface area contributed by atoms with Crippen LogP contribution in [0.25, 0.3) is 0 Å². The molecule has 1 fully saturated rings. The highest BCUT2D eigenvalue weighted by atomic mass is 16.7. The van der Waals surface area contributed by atoms with Crippen molar-refractivity contribution < 1.29 is 116 Å². The lowest BCUT2D eigenvalue weighted by Crippen LogP contribution is -2.50. The monoisotopic (exact) mass is 1490 g/mol. The molecule has 3 atom stereocenters. The van der Waals surface area contributed by atoms with Gasteiger partial charge in [-0.1, -0.05) is 0 Å². The van der Waals surface area contributed by atoms with Gasteiger partial charge in [0.1, 0.15) is 39.3 Å². The van der Waals surface area contributed by atoms with Crippen molar-refractivity contribution in [3.05, 3.63) is 0 Å². The summed E-state index contributed by atoms with van der Waals surface area (Å²) in [5.74, 6) is -6.98. The molecule has 0 aromatic rings. The number of carboxylic acids is 3. The number of carboxylic acid groups (broad SMARTS) is 3. The van der Waals surface area contributed by atoms with Gasteiger partial charge in [-0.25, -0.2) is 0 Å². The normalized spacial score (nSPS) is 14.3. The number of carbonyl (C=O) groups is 13. The molecule has 17 N–H and O–H groups in total. The highest BCUT2D eigenvalue weighted by Gasteiger charge is 2.24. The van der Waals surface area contributed by atoms with E-state index in [1.54, 1.807) is 33.7 Å². The molecule has 104 heavy (non-hydrogen) atoms. The average molecular weight is 1500 g/mol. The van der Waals surface area contributed by atoms with E-state index in [4.69, 9.17) is 49.4 Å². The maximum absolute atomic E-state index is 13.3. The van der Waals surface area contributed by atoms with Crippen molar-refractivity contribution in [2.24, 2.45) is 11.5 Å². The van der Waals surface area contributed by atoms with Crippen LogP contribution in [-0.4, -0.2) is 368 Å². The van der Waals surface area contributed by atoms with Crippen molar-refractivity contribution >= 4 is 77.0 Å². The Morgan fingerprint density at radius 1 is 0.327 bits per heavy atom. The molecule has 1 aliphatic rings. The standard InChI is InChI=1S/C64H118N16O24/c1-67-49(62(65)94)10-3-6-16-70-55(84)44-100-37-36-99-32-20-73-56(85)45-101-38-34-97-30-18-71-53(82)14-9-13-52(81)69-15-7-5-12-51(64(96)75-17-8-4-11-50(68-2)63(66)95)76-58(87)47-104-48-103-33-21-74-57(86)46-102-39-35-98-31-19-72-54(83)40-77-22-24-78(41-59(88)89)26-28-80(43-61(92)93)29-27-79(25-23-77)42-60(90)91/h49-51,67-68H,3-48H2,1-2H3,(H2,65,94)(H2,66,95)(H,69,81)(H,70,84)(H,71,82)(H,72,83)(H,73,85)(H,74,86)(H,75,96)(H,76,87)(H,88,89)(H,90,91)(H,92,93)/t49-,50-,51-/m0/s1. The highest BCUT2D eigenvalue weighted by Crippen LogP contribution is 2.07. The fourth-order valence-corrected chi connectivity index (χ4v) is 9.81. The highest BCUT2D eigenvalue weighted by molar-refractivity contribution is 5.88. The molecule has 1 saturated heterocycles. The van der Waals surface area contributed by atoms with Crippen LogP contribution in [0.3, 0.4) is 0 Å². The molecule has 0 radical (unpaired) electrons. The SMILES string of the molecule is CN[C@@H](CCCCNC(=O)COCCOCCNC(=O)COCCOCCNC(=O)CCCC(=O)NCCCC[C@H](NC(=O)COCOCCNC(=O)COCCOCCNC(=O)CN1CCN(CC(=O)O)CCN(CC(=O)O)CCN(CC(=O)O)CC1)C(=O)NCCCC[C@H](NC)C(N)=O)C(N)=O. The molecular weight excluding hydrogens is 1380 g/mol. The first kappa shape index (κ1) is 94.6. The Hall–Kier alpha value is -7.45. The second-order valence-corrected chi connectivity index (χ2v) is 24.0. The zero-order valence-electron chi connectivity index (χ0n) is 60.6. The molecule has 0 aromatic carbocycles. The van der Waals surface area contributed by atoms with Crippen LogP contribution in [0.4, 0.5) is 0 Å². The van der Waals surface area contributed by atoms with Crippen molar-refractivity contribution in [2.75, 3.05) is 238 Å². The predicted octanol–water partition coefficient (Wildman–Crippen LogP) is -7.32. The van der Waals surface area contributed by atoms with Gasteiger partial charge >= 0.3 is 17.9 Å². The van der Waals surface area contributed by atoms with E-state index < -0.39 is 72.2 Å². The fraction of sp³-hybridized carbons (Fsp3) is 0.797. The fourth-order valence-electron chi connectivity index (χ4n) is 9.81. The van der Waals surface area contributed by atoms with Gasteiger partial charge in [0.2, 0.25) is 59.1 Å². The van der Waals surface area contributed by atoms with Crippen LogP contribution in [0.5, 0.6) is 0 Å². The van der Waals surface area contributed by atoms with E-state index >= 15 is 0 Å². The quantitative estimate of drug-likeness (QED) is 0.0199. The minimum absolute atomic E-state index is 0.0328. The van der Waals surface area contributed by atoms with E-state index in [1.165, 1.54) is 0 Å². The number of primary amides is 2. The molecule has 0 bridgehead atoms. The van der Waals surface area contributed by atoms with E-state index in [0.29, 0.717) is 71.0 Å². The Labute approximate surface area is 607 Å². The van der Waals surface area contributed by atoms with Gasteiger partial charge in [-0.15, -0.1) is 0 Å². The number of aliphatic carboxylic acids is 3. The number of amides is 10. The molecule has 40 heteroatoms. The smallest absolute Gasteiger partial charge is 0.317 e. The number of hydrogen-bond acceptors (Lipinski definition) is 27. The summed E-state index contributed by atoms with van der Waals surface area (Å²) >= 11 is 0. The van der Waals surface area contributed by atoms with Crippen LogP contribution < -0.4 is 64.6 Å². The zero-order chi connectivity index (χ0) is 76.8. The predicted molar refractivity (Wildman–Crippen MR) is 373 cm³/mol. The van der Waals surface area contributed by atoms with Crippen molar-refractivity contribution in [2.45, 2.75) is 95.2 Å². The Morgan fingerprint density at radius 3 is 1.01 bits per heavy atom. The van der Waals surface area contributed by atoms with E-state index in [-0.39, 0.29) is 246 Å². The molecule has 598 valence electrons. The Morgan fingerprint density at radius 2 is 0.635 bits per heavy atom. The summed E-state index contributed by atoms with van der Waals surface area (Å²) in [6.07, 6.45) is 5.27. The van der Waals surface area contributed by atoms with Crippen LogP contribution in [0, 0.1) is 0 Å². The van der Waals surface area contributed by atoms with E-state index in [0.717, 1.165) is 6.42 Å². The summed E-state index contributed by atoms with van der Waals surface area (Å²) in [6.45, 7) is 3.19. The molecule has 0 aromatic heterocycles. The number of nitrogens with one attached hydrogen (secondary N) is 10. The molecule has 0 saturated carbocycles. The molecule has 1 rings (SSSR count). The summed E-state index contributed by atoms with van der Waals surface area (Å²) in [6, 6.07) is -1.84. The number of hydrogen-bond donors (Lipinski definition) is 15. The third-order valence-corrected chi connectivity index (χ3v) is 15.4. The minimum Gasteiger partial charge on any atom is -0.480 e. The van der Waals surface area contributed by atoms with Crippen molar-refractivity contribution in [1.29, 1.82) is 0 Å². The summed E-state index contributed by atoms with van der Waals surface area (Å²) in [7, 11) is 3.29. The Bertz CT molecular complexity index is 2450. The summed E-state index contributed by atoms with van der Waals surface area (Å²) in [4.78, 5) is 164. The number of nitrogens with two attached hydrogens (primary N) is 2. The number of unbranched alkanes of at least 4 members (excludes halogenated alkanes) is 3. The van der Waals surface area contributed by atoms with Gasteiger partial charge in [-0.05, 0) is 78.3 Å². The molecule has 0 aliphatic carbocycles. The lowest BCUT2D eigenvalue weighted by atomic mass is 10.1. The maximum Gasteiger partial charge on any atom is 0.317 e. The first-order valence-corrected chi connectivity index (χ1v) is 35.3. The first-order chi connectivity index (χ1) is 50.0. The molecular formula is C64H118N16O24. The van der Waals surface area contributed by atoms with Gasteiger partial charge in [0, 0.05) is 111 Å². The molecule has 0 unspecified atom stereocenters. The number of likely N-dealkylation sites (N-methyl/N-ethyl adjacent to an activating group) is 2. The summed E-state index contributed by atoms with van der Waals surface area (Å²) in [5.41, 5.74) is 10.7. The molecule has 40 nitrogen and oxygen atoms in total. The van der Waals surface area contributed by atoms with Crippen LogP contribution in [0.1, 0.15) is 77.0 Å². The largest absolute Gasteiger partial charge is 0.480 e. The van der Waals surface area contributed by atoms with Crippen molar-refractivity contribution in [3.63, 3.8) is 0 Å². The van der Waals surface area contributed by atoms with Crippen LogP contribution in [-0.2, 0) is 100 Å². The molecule has 1 heterocycles. The average Bonchev–Trinajstić information content (AvgIpc) is 0.927. The minimum atomic E-state index is -1.06. The van der Waals surface area contributed by atoms with E-state index in [9.17, 15) is 77.6 Å². The second kappa shape index (κ2) is 62.9. The first-order valence-electron chi connectivity index (χ1n) is 35.3. The van der Waals surface area contributed by atoms with E-state index in [1.807, 2.05) is 0 Å². The van der Waals surface area contributed by atoms with Gasteiger partial charge in [-0.3, -0.25) is 81.9 Å². The lowest BCUT2D eigenvalue weighted by Gasteiger charge is -2.32. The number of rotatable bonds is 64. The zero-order valence-corrected chi connectivity index (χ0v) is 60.6. The third kappa shape index (κ3) is 56.0. The topological polar surface area (TPSA) is 542 Å². The lowest BCUT2D eigenvalue weighted by molar-refractivity contribution is -0.140. The third-order valence-electron chi connectivity index (χ3n) is 15.4. The van der Waals surface area contributed by atoms with Gasteiger partial charge in [0.15, 0.2) is 0 Å². The van der Waals surface area contributed by atoms with Crippen LogP contribution >= 0.6 is 0 Å². The van der Waals surface area contributed by atoms with Crippen LogP contribution in [0.2, 0.25) is 0 Å².